The third kappa shape index (κ3) is 3.76. The van der Waals surface area contributed by atoms with Crippen LogP contribution in [0.4, 0.5) is 4.79 Å². The van der Waals surface area contributed by atoms with E-state index in [9.17, 15) is 4.79 Å². The number of urea groups is 1. The first-order valence-electron chi connectivity index (χ1n) is 7.88. The maximum Gasteiger partial charge on any atom is 0.317 e. The quantitative estimate of drug-likeness (QED) is 0.906. The van der Waals surface area contributed by atoms with Crippen LogP contribution in [0.2, 0.25) is 0 Å². The van der Waals surface area contributed by atoms with Crippen molar-refractivity contribution in [3.63, 3.8) is 0 Å². The van der Waals surface area contributed by atoms with Crippen molar-refractivity contribution in [3.8, 4) is 0 Å². The second-order valence-corrected chi connectivity index (χ2v) is 5.59. The number of ether oxygens (including phenoxy) is 1. The number of hydrogen-bond acceptors (Lipinski definition) is 2. The largest absolute Gasteiger partial charge is 0.381 e. The van der Waals surface area contributed by atoms with E-state index >= 15 is 0 Å². The van der Waals surface area contributed by atoms with Crippen LogP contribution < -0.4 is 5.32 Å². The Morgan fingerprint density at radius 1 is 1.19 bits per heavy atom. The van der Waals surface area contributed by atoms with Gasteiger partial charge in [-0.15, -0.1) is 0 Å². The molecule has 0 unspecified atom stereocenters. The number of nitrogens with one attached hydrogen (secondary N) is 1. The zero-order valence-electron chi connectivity index (χ0n) is 13.1. The monoisotopic (exact) mass is 290 g/mol. The number of nitrogens with zero attached hydrogens (tertiary/aromatic N) is 1. The highest BCUT2D eigenvalue weighted by atomic mass is 16.5. The molecule has 1 aliphatic heterocycles. The lowest BCUT2D eigenvalue weighted by molar-refractivity contribution is 0.0502. The van der Waals surface area contributed by atoms with Gasteiger partial charge in [-0.05, 0) is 32.3 Å². The molecule has 1 aromatic rings. The zero-order chi connectivity index (χ0) is 15.1. The summed E-state index contributed by atoms with van der Waals surface area (Å²) in [5, 5.41) is 3.13. The summed E-state index contributed by atoms with van der Waals surface area (Å²) < 4.78 is 5.52. The summed E-state index contributed by atoms with van der Waals surface area (Å²) in [6.07, 6.45) is 1.91. The molecule has 1 aromatic carbocycles. The summed E-state index contributed by atoms with van der Waals surface area (Å²) >= 11 is 0. The van der Waals surface area contributed by atoms with E-state index in [1.165, 1.54) is 5.56 Å². The predicted molar refractivity (Wildman–Crippen MR) is 84.5 cm³/mol. The summed E-state index contributed by atoms with van der Waals surface area (Å²) in [6, 6.07) is 10.5. The highest BCUT2D eigenvalue weighted by Gasteiger charge is 2.34. The number of amides is 2. The van der Waals surface area contributed by atoms with Crippen LogP contribution in [0.3, 0.4) is 0 Å². The van der Waals surface area contributed by atoms with Gasteiger partial charge in [-0.1, -0.05) is 30.3 Å². The molecule has 0 bridgehead atoms. The van der Waals surface area contributed by atoms with E-state index in [0.717, 1.165) is 39.1 Å². The van der Waals surface area contributed by atoms with Gasteiger partial charge in [-0.2, -0.15) is 0 Å². The van der Waals surface area contributed by atoms with Crippen LogP contribution in [0.15, 0.2) is 30.3 Å². The number of rotatable bonds is 5. The topological polar surface area (TPSA) is 41.6 Å². The Balaban J connectivity index is 2.09. The average Bonchev–Trinajstić information content (AvgIpc) is 2.56. The van der Waals surface area contributed by atoms with E-state index in [0.29, 0.717) is 6.54 Å². The van der Waals surface area contributed by atoms with Crippen molar-refractivity contribution in [2.45, 2.75) is 32.1 Å². The van der Waals surface area contributed by atoms with Crippen molar-refractivity contribution < 1.29 is 9.53 Å². The van der Waals surface area contributed by atoms with Crippen LogP contribution >= 0.6 is 0 Å². The molecule has 116 valence electrons. The summed E-state index contributed by atoms with van der Waals surface area (Å²) in [5.74, 6) is 0. The van der Waals surface area contributed by atoms with Crippen molar-refractivity contribution in [1.82, 2.24) is 10.2 Å². The van der Waals surface area contributed by atoms with Gasteiger partial charge in [0.15, 0.2) is 0 Å². The molecule has 0 spiro atoms. The van der Waals surface area contributed by atoms with Gasteiger partial charge in [0.2, 0.25) is 0 Å². The second-order valence-electron chi connectivity index (χ2n) is 5.59. The fraction of sp³-hybridized carbons (Fsp3) is 0.588. The van der Waals surface area contributed by atoms with E-state index in [1.54, 1.807) is 0 Å². The Labute approximate surface area is 127 Å². The van der Waals surface area contributed by atoms with Gasteiger partial charge >= 0.3 is 6.03 Å². The molecule has 21 heavy (non-hydrogen) atoms. The minimum absolute atomic E-state index is 0.00230. The van der Waals surface area contributed by atoms with Crippen molar-refractivity contribution in [2.24, 2.45) is 0 Å². The molecule has 1 heterocycles. The standard InChI is InChI=1S/C17H26N2O2/c1-3-19(4-2)16(20)18-14-17(10-12-21-13-11-17)15-8-6-5-7-9-15/h5-9H,3-4,10-14H2,1-2H3,(H,18,20). The van der Waals surface area contributed by atoms with Crippen LogP contribution in [-0.2, 0) is 10.2 Å². The van der Waals surface area contributed by atoms with Gasteiger partial charge < -0.3 is 15.0 Å². The lowest BCUT2D eigenvalue weighted by atomic mass is 9.74. The highest BCUT2D eigenvalue weighted by molar-refractivity contribution is 5.74. The van der Waals surface area contributed by atoms with E-state index in [2.05, 4.69) is 29.6 Å². The molecule has 1 saturated heterocycles. The molecule has 1 aliphatic rings. The van der Waals surface area contributed by atoms with Crippen LogP contribution in [0.25, 0.3) is 0 Å². The van der Waals surface area contributed by atoms with Crippen LogP contribution in [-0.4, -0.2) is 43.8 Å². The molecule has 0 atom stereocenters. The van der Waals surface area contributed by atoms with E-state index in [-0.39, 0.29) is 11.4 Å². The fourth-order valence-corrected chi connectivity index (χ4v) is 2.99. The zero-order valence-corrected chi connectivity index (χ0v) is 13.1. The molecule has 4 heteroatoms. The van der Waals surface area contributed by atoms with Crippen molar-refractivity contribution in [2.75, 3.05) is 32.8 Å². The first-order chi connectivity index (χ1) is 10.2. The number of hydrogen-bond donors (Lipinski definition) is 1. The van der Waals surface area contributed by atoms with Gasteiger partial charge in [0.05, 0.1) is 0 Å². The lowest BCUT2D eigenvalue weighted by Crippen LogP contribution is -2.48. The molecular formula is C17H26N2O2. The molecule has 0 aliphatic carbocycles. The van der Waals surface area contributed by atoms with Crippen LogP contribution in [0, 0.1) is 0 Å². The minimum atomic E-state index is 0.00230. The molecule has 1 fully saturated rings. The molecule has 4 nitrogen and oxygen atoms in total. The number of benzene rings is 1. The van der Waals surface area contributed by atoms with Gasteiger partial charge in [-0.3, -0.25) is 0 Å². The first-order valence-corrected chi connectivity index (χ1v) is 7.88. The maximum absolute atomic E-state index is 12.2. The predicted octanol–water partition coefficient (Wildman–Crippen LogP) is 2.79. The molecule has 0 aromatic heterocycles. The SMILES string of the molecule is CCN(CC)C(=O)NCC1(c2ccccc2)CCOCC1. The lowest BCUT2D eigenvalue weighted by Gasteiger charge is -2.38. The Morgan fingerprint density at radius 3 is 2.38 bits per heavy atom. The van der Waals surface area contributed by atoms with E-state index in [1.807, 2.05) is 24.8 Å². The van der Waals surface area contributed by atoms with E-state index in [4.69, 9.17) is 4.74 Å². The third-order valence-corrected chi connectivity index (χ3v) is 4.46. The van der Waals surface area contributed by atoms with Crippen molar-refractivity contribution >= 4 is 6.03 Å². The minimum Gasteiger partial charge on any atom is -0.381 e. The van der Waals surface area contributed by atoms with Crippen LogP contribution in [0.1, 0.15) is 32.3 Å². The highest BCUT2D eigenvalue weighted by Crippen LogP contribution is 2.34. The van der Waals surface area contributed by atoms with Gasteiger partial charge in [0.25, 0.3) is 0 Å². The second kappa shape index (κ2) is 7.46. The number of carbonyl (C=O) groups is 1. The summed E-state index contributed by atoms with van der Waals surface area (Å²) in [6.45, 7) is 7.68. The van der Waals surface area contributed by atoms with Gasteiger partial charge in [0.1, 0.15) is 0 Å². The summed E-state index contributed by atoms with van der Waals surface area (Å²) in [7, 11) is 0. The average molecular weight is 290 g/mol. The fourth-order valence-electron chi connectivity index (χ4n) is 2.99. The van der Waals surface area contributed by atoms with Crippen LogP contribution in [0.5, 0.6) is 0 Å². The molecule has 2 rings (SSSR count). The maximum atomic E-state index is 12.2. The smallest absolute Gasteiger partial charge is 0.317 e. The van der Waals surface area contributed by atoms with Crippen molar-refractivity contribution in [3.05, 3.63) is 35.9 Å². The summed E-state index contributed by atoms with van der Waals surface area (Å²) in [4.78, 5) is 14.0. The Morgan fingerprint density at radius 2 is 1.81 bits per heavy atom. The normalized spacial score (nSPS) is 17.2. The Kier molecular flexibility index (Phi) is 5.62. The molecule has 1 N–H and O–H groups in total. The molecule has 0 saturated carbocycles. The molecular weight excluding hydrogens is 264 g/mol. The first kappa shape index (κ1) is 15.8. The van der Waals surface area contributed by atoms with Gasteiger partial charge in [-0.25, -0.2) is 4.79 Å². The Hall–Kier alpha value is -1.55. The molecule has 0 radical (unpaired) electrons. The third-order valence-electron chi connectivity index (χ3n) is 4.46. The summed E-state index contributed by atoms with van der Waals surface area (Å²) in [5.41, 5.74) is 1.30. The van der Waals surface area contributed by atoms with E-state index < -0.39 is 0 Å². The number of carbonyl (C=O) groups excluding carboxylic acids is 1. The van der Waals surface area contributed by atoms with Crippen molar-refractivity contribution in [1.29, 1.82) is 0 Å². The Bertz CT molecular complexity index is 437. The van der Waals surface area contributed by atoms with Gasteiger partial charge in [0, 0.05) is 38.3 Å². The molecule has 2 amide bonds.